The van der Waals surface area contributed by atoms with Crippen molar-refractivity contribution in [3.8, 4) is 45.0 Å². The van der Waals surface area contributed by atoms with Gasteiger partial charge in [-0.15, -0.1) is 42.0 Å². The largest absolute Gasteiger partial charge is 0.486 e. The molecule has 9 aromatic rings. The summed E-state index contributed by atoms with van der Waals surface area (Å²) in [4.78, 5) is 13.5. The minimum Gasteiger partial charge on any atom is -0.486 e. The van der Waals surface area contributed by atoms with Crippen LogP contribution in [0.25, 0.3) is 78.1 Å². The van der Waals surface area contributed by atoms with Crippen molar-refractivity contribution in [1.29, 1.82) is 0 Å². The van der Waals surface area contributed by atoms with Crippen molar-refractivity contribution >= 4 is 59.7 Å². The van der Waals surface area contributed by atoms with Gasteiger partial charge in [-0.3, -0.25) is 4.39 Å². The van der Waals surface area contributed by atoms with Crippen LogP contribution in [0.2, 0.25) is 39.3 Å². The van der Waals surface area contributed by atoms with Gasteiger partial charge < -0.3 is 18.8 Å². The second kappa shape index (κ2) is 17.7. The van der Waals surface area contributed by atoms with Crippen LogP contribution in [0.1, 0.15) is 49.8 Å². The van der Waals surface area contributed by atoms with Crippen LogP contribution in [-0.4, -0.2) is 31.1 Å². The first-order valence-electron chi connectivity index (χ1n) is 25.0. The average molecular weight is 1050 g/mol. The number of nitrogens with zero attached hydrogens (tertiary/aromatic N) is 3. The summed E-state index contributed by atoms with van der Waals surface area (Å²) in [7, 11) is -3.40. The number of hydrogen-bond acceptors (Lipinski definition) is 5. The maximum atomic E-state index is 14.3. The maximum absolute atomic E-state index is 14.3. The van der Waals surface area contributed by atoms with Gasteiger partial charge in [0.05, 0.1) is 23.1 Å². The Kier molecular flexibility index (Phi) is 9.85. The molecule has 0 saturated carbocycles. The third-order valence-electron chi connectivity index (χ3n) is 10.5. The molecule has 9 heteroatoms. The summed E-state index contributed by atoms with van der Waals surface area (Å²) in [5.41, 5.74) is 5.01. The molecule has 0 aliphatic carbocycles. The van der Waals surface area contributed by atoms with Gasteiger partial charge in [-0.05, 0) is 59.6 Å². The third kappa shape index (κ3) is 9.92. The Hall–Kier alpha value is -5.32. The Labute approximate surface area is 399 Å². The average Bonchev–Trinajstić information content (AvgIpc) is 3.83. The number of aromatic nitrogens is 3. The second-order valence-corrected chi connectivity index (χ2v) is 28.7. The van der Waals surface area contributed by atoms with E-state index >= 15 is 0 Å². The molecule has 0 aliphatic heterocycles. The Balaban J connectivity index is 0.000000233. The third-order valence-corrected chi connectivity index (χ3v) is 14.6. The van der Waals surface area contributed by atoms with Gasteiger partial charge in [-0.1, -0.05) is 159 Å². The summed E-state index contributed by atoms with van der Waals surface area (Å²) in [6.45, 7) is 13.6. The predicted molar refractivity (Wildman–Crippen MR) is 261 cm³/mol. The molecule has 0 saturated heterocycles. The van der Waals surface area contributed by atoms with Gasteiger partial charge in [-0.25, -0.2) is 4.98 Å². The fourth-order valence-electron chi connectivity index (χ4n) is 7.28. The standard InChI is InChI=1S/C33H33N2O2Si.C21H21FNSi.Ir/c1-20-19-34-27(15-22(20)18-33(2,3)4)25-10-8-9-24-26-16-30-28(35-32(26)37-31(24)25)17-29(36-30)21-11-13-23(14-12-21)38(5,6)7;1-15-14-23-20(13-21(15)24(2,3)4)17-10-11-19(22)18(12-17)16-8-6-5-7-9-16;/h8-9,11-17,19H,18H2,1-7H3;5-9,11-14H,1-4H3;/q2*-1;/i1D3,17D,18D2;1D3;. The summed E-state index contributed by atoms with van der Waals surface area (Å²) in [5, 5.41) is 3.56. The molecule has 5 nitrogen and oxygen atoms in total. The topological polar surface area (TPSA) is 65.0 Å². The molecule has 0 atom stereocenters. The summed E-state index contributed by atoms with van der Waals surface area (Å²) >= 11 is 0. The molecule has 4 aromatic carbocycles. The molecule has 5 aromatic heterocycles. The van der Waals surface area contributed by atoms with Crippen molar-refractivity contribution in [2.75, 3.05) is 0 Å². The molecule has 1 radical (unpaired) electrons. The first-order chi connectivity index (χ1) is 32.9. The van der Waals surface area contributed by atoms with Gasteiger partial charge in [0.1, 0.15) is 11.3 Å². The van der Waals surface area contributed by atoms with E-state index in [9.17, 15) is 4.39 Å². The molecule has 5 heterocycles. The van der Waals surface area contributed by atoms with Crippen LogP contribution in [0.4, 0.5) is 4.39 Å². The zero-order valence-electron chi connectivity index (χ0n) is 45.8. The maximum Gasteiger partial charge on any atom is 0.216 e. The van der Waals surface area contributed by atoms with E-state index in [1.165, 1.54) is 29.7 Å². The van der Waals surface area contributed by atoms with Gasteiger partial charge in [0.15, 0.2) is 5.58 Å². The van der Waals surface area contributed by atoms with Crippen molar-refractivity contribution in [2.45, 2.75) is 80.1 Å². The van der Waals surface area contributed by atoms with Crippen LogP contribution in [0.5, 0.6) is 0 Å². The molecule has 0 bridgehead atoms. The zero-order chi connectivity index (χ0) is 51.8. The Morgan fingerprint density at radius 3 is 2.17 bits per heavy atom. The van der Waals surface area contributed by atoms with Gasteiger partial charge in [0.2, 0.25) is 5.71 Å². The van der Waals surface area contributed by atoms with Crippen LogP contribution in [0.15, 0.2) is 124 Å². The Bertz CT molecular complexity index is 3470. The van der Waals surface area contributed by atoms with Crippen molar-refractivity contribution in [3.63, 3.8) is 0 Å². The molecule has 323 valence electrons. The summed E-state index contributed by atoms with van der Waals surface area (Å²) in [5.74, 6) is 0.0919. The number of pyridine rings is 3. The van der Waals surface area contributed by atoms with E-state index in [1.807, 2.05) is 60.7 Å². The van der Waals surface area contributed by atoms with E-state index in [0.29, 0.717) is 72.6 Å². The minimum absolute atomic E-state index is 0. The van der Waals surface area contributed by atoms with Crippen molar-refractivity contribution < 1.29 is 45.7 Å². The van der Waals surface area contributed by atoms with E-state index in [1.54, 1.807) is 32.9 Å². The van der Waals surface area contributed by atoms with Crippen molar-refractivity contribution in [2.24, 2.45) is 5.41 Å². The first kappa shape index (κ1) is 35.1. The number of hydrogen-bond donors (Lipinski definition) is 0. The quantitative estimate of drug-likeness (QED) is 0.118. The van der Waals surface area contributed by atoms with Gasteiger partial charge in [-0.2, -0.15) is 0 Å². The molecule has 9 rings (SSSR count). The second-order valence-electron chi connectivity index (χ2n) is 18.6. The summed E-state index contributed by atoms with van der Waals surface area (Å²) in [6.07, 6.45) is 0.695. The molecule has 0 aliphatic rings. The van der Waals surface area contributed by atoms with Crippen LogP contribution >= 0.6 is 0 Å². The molecule has 0 amide bonds. The molecule has 63 heavy (non-hydrogen) atoms. The monoisotopic (exact) mass is 1050 g/mol. The Morgan fingerprint density at radius 1 is 0.778 bits per heavy atom. The van der Waals surface area contributed by atoms with E-state index in [-0.39, 0.29) is 43.1 Å². The van der Waals surface area contributed by atoms with Crippen molar-refractivity contribution in [3.05, 3.63) is 150 Å². The summed E-state index contributed by atoms with van der Waals surface area (Å²) < 4.78 is 101. The zero-order valence-corrected chi connectivity index (χ0v) is 41.2. The number of fused-ring (bicyclic) bond motifs is 4. The number of halogens is 1. The number of aryl methyl sites for hydroxylation is 2. The van der Waals surface area contributed by atoms with E-state index in [0.717, 1.165) is 16.3 Å². The molecular formula is C54H54FIrN3O2Si2-2. The number of rotatable bonds is 7. The van der Waals surface area contributed by atoms with Gasteiger partial charge in [0, 0.05) is 66.3 Å². The van der Waals surface area contributed by atoms with Crippen LogP contribution in [0, 0.1) is 37.1 Å². The fourth-order valence-corrected chi connectivity index (χ4v) is 9.89. The fraction of sp³-hybridized carbons (Fsp3) is 0.241. The summed E-state index contributed by atoms with van der Waals surface area (Å²) in [6, 6.07) is 35.5. The van der Waals surface area contributed by atoms with E-state index in [2.05, 4.69) is 78.5 Å². The molecule has 0 spiro atoms. The van der Waals surface area contributed by atoms with Crippen LogP contribution in [0.3, 0.4) is 0 Å². The molecule has 0 fully saturated rings. The number of benzene rings is 4. The van der Waals surface area contributed by atoms with E-state index < -0.39 is 41.6 Å². The normalized spacial score (nSPS) is 14.8. The van der Waals surface area contributed by atoms with Gasteiger partial charge >= 0.3 is 0 Å². The smallest absolute Gasteiger partial charge is 0.216 e. The molecular weight excluding hydrogens is 990 g/mol. The van der Waals surface area contributed by atoms with Crippen molar-refractivity contribution in [1.82, 2.24) is 15.0 Å². The number of furan rings is 2. The van der Waals surface area contributed by atoms with Crippen LogP contribution < -0.4 is 10.4 Å². The molecule has 0 unspecified atom stereocenters. The Morgan fingerprint density at radius 2 is 1.49 bits per heavy atom. The van der Waals surface area contributed by atoms with Crippen LogP contribution in [-0.2, 0) is 26.5 Å². The first-order valence-corrected chi connectivity index (χ1v) is 27.5. The molecule has 0 N–H and O–H groups in total. The van der Waals surface area contributed by atoms with E-state index in [4.69, 9.17) is 21.2 Å². The van der Waals surface area contributed by atoms with Gasteiger partial charge in [0.25, 0.3) is 0 Å². The SMILES string of the molecule is [2H]C([2H])([2H])c1cnc(-c2[c-]cc(F)c(-c3ccccc3)c2)cc1[Si](C)(C)C.[2H]c1c(-c2ccc([Si](C)(C)C)cc2)oc2cc3c(nc12)oc1c(-c2cc(C([2H])([2H])C(C)(C)C)c(C([2H])([2H])[2H])cn2)[c-]ccc13.[Ir]. The predicted octanol–water partition coefficient (Wildman–Crippen LogP) is 13.9. The minimum atomic E-state index is -2.55.